The Labute approximate surface area is 166 Å². The highest BCUT2D eigenvalue weighted by atomic mass is 19.1. The van der Waals surface area contributed by atoms with Crippen LogP contribution in [-0.2, 0) is 14.3 Å². The highest BCUT2D eigenvalue weighted by Gasteiger charge is 2.37. The monoisotopic (exact) mass is 395 g/mol. The molecule has 0 spiro atoms. The van der Waals surface area contributed by atoms with Gasteiger partial charge in [0.2, 0.25) is 0 Å². The van der Waals surface area contributed by atoms with Crippen LogP contribution in [0.5, 0.6) is 0 Å². The summed E-state index contributed by atoms with van der Waals surface area (Å²) < 4.78 is 19.4. The first-order valence-electron chi connectivity index (χ1n) is 9.13. The molecule has 0 aromatic heterocycles. The number of rotatable bonds is 3. The quantitative estimate of drug-likeness (QED) is 0.638. The molecule has 0 aliphatic carbocycles. The largest absolute Gasteiger partial charge is 0.378 e. The Morgan fingerprint density at radius 3 is 2.34 bits per heavy atom. The van der Waals surface area contributed by atoms with E-state index < -0.39 is 23.7 Å². The highest BCUT2D eigenvalue weighted by Crippen LogP contribution is 2.25. The topological polar surface area (TPSA) is 79.0 Å². The molecule has 2 aliphatic heterocycles. The van der Waals surface area contributed by atoms with Crippen LogP contribution in [0, 0.1) is 5.82 Å². The van der Waals surface area contributed by atoms with Gasteiger partial charge in [-0.15, -0.1) is 0 Å². The number of carbonyl (C=O) groups is 3. The fraction of sp³-hybridized carbons (Fsp3) is 0.190. The zero-order valence-corrected chi connectivity index (χ0v) is 15.4. The summed E-state index contributed by atoms with van der Waals surface area (Å²) in [5.41, 5.74) is 1.17. The summed E-state index contributed by atoms with van der Waals surface area (Å²) in [6.45, 7) is 2.92. The van der Waals surface area contributed by atoms with Crippen molar-refractivity contribution in [3.8, 4) is 0 Å². The van der Waals surface area contributed by atoms with Gasteiger partial charge < -0.3 is 9.64 Å². The van der Waals surface area contributed by atoms with E-state index in [0.717, 1.165) is 24.8 Å². The Morgan fingerprint density at radius 2 is 1.66 bits per heavy atom. The summed E-state index contributed by atoms with van der Waals surface area (Å²) in [5, 5.41) is 2.09. The summed E-state index contributed by atoms with van der Waals surface area (Å²) in [7, 11) is 0. The minimum absolute atomic E-state index is 0.212. The van der Waals surface area contributed by atoms with Gasteiger partial charge in [0.1, 0.15) is 11.4 Å². The van der Waals surface area contributed by atoms with E-state index in [0.29, 0.717) is 23.7 Å². The molecule has 0 bridgehead atoms. The Kier molecular flexibility index (Phi) is 5.09. The van der Waals surface area contributed by atoms with Crippen molar-refractivity contribution in [2.45, 2.75) is 0 Å². The average molecular weight is 395 g/mol. The number of nitrogens with zero attached hydrogens (tertiary/aromatic N) is 2. The number of para-hydroxylation sites is 1. The summed E-state index contributed by atoms with van der Waals surface area (Å²) in [4.78, 5) is 40.0. The minimum atomic E-state index is -0.982. The van der Waals surface area contributed by atoms with E-state index in [-0.39, 0.29) is 11.3 Å². The van der Waals surface area contributed by atoms with Crippen LogP contribution >= 0.6 is 0 Å². The molecule has 2 saturated heterocycles. The van der Waals surface area contributed by atoms with Crippen LogP contribution in [0.1, 0.15) is 5.56 Å². The second kappa shape index (κ2) is 7.84. The number of morpholine rings is 1. The Morgan fingerprint density at radius 1 is 0.966 bits per heavy atom. The van der Waals surface area contributed by atoms with Crippen LogP contribution < -0.4 is 15.1 Å². The summed E-state index contributed by atoms with van der Waals surface area (Å²) in [6.07, 6.45) is 1.39. The summed E-state index contributed by atoms with van der Waals surface area (Å²) in [6, 6.07) is 11.8. The number of urea groups is 1. The molecule has 4 rings (SSSR count). The van der Waals surface area contributed by atoms with E-state index in [1.807, 2.05) is 12.1 Å². The van der Waals surface area contributed by atoms with Crippen molar-refractivity contribution in [2.24, 2.45) is 0 Å². The average Bonchev–Trinajstić information content (AvgIpc) is 2.73. The van der Waals surface area contributed by atoms with Crippen molar-refractivity contribution in [3.63, 3.8) is 0 Å². The number of nitrogens with one attached hydrogen (secondary N) is 1. The van der Waals surface area contributed by atoms with Crippen molar-refractivity contribution in [2.75, 3.05) is 36.1 Å². The molecule has 29 heavy (non-hydrogen) atoms. The predicted octanol–water partition coefficient (Wildman–Crippen LogP) is 2.33. The number of halogens is 1. The molecular formula is C21H18FN3O4. The molecule has 0 saturated carbocycles. The maximum Gasteiger partial charge on any atom is 0.336 e. The molecule has 2 fully saturated rings. The minimum Gasteiger partial charge on any atom is -0.378 e. The number of amides is 4. The van der Waals surface area contributed by atoms with Gasteiger partial charge in [0.25, 0.3) is 11.8 Å². The number of hydrogen-bond donors (Lipinski definition) is 1. The Bertz CT molecular complexity index is 997. The Balaban J connectivity index is 1.62. The van der Waals surface area contributed by atoms with Crippen molar-refractivity contribution >= 4 is 35.3 Å². The SMILES string of the molecule is O=C1NC(=O)N(c2ccccc2F)C(=O)/C1=C/c1ccc(N2CCOCC2)cc1. The van der Waals surface area contributed by atoms with Crippen molar-refractivity contribution in [3.05, 3.63) is 65.5 Å². The number of anilines is 2. The van der Waals surface area contributed by atoms with Gasteiger partial charge in [-0.1, -0.05) is 24.3 Å². The first kappa shape index (κ1) is 18.8. The number of ether oxygens (including phenoxy) is 1. The number of benzene rings is 2. The first-order chi connectivity index (χ1) is 14.0. The van der Waals surface area contributed by atoms with Gasteiger partial charge in [0.15, 0.2) is 0 Å². The lowest BCUT2D eigenvalue weighted by atomic mass is 10.1. The van der Waals surface area contributed by atoms with Gasteiger partial charge in [-0.05, 0) is 35.9 Å². The maximum atomic E-state index is 14.1. The molecule has 2 heterocycles. The lowest BCUT2D eigenvalue weighted by Gasteiger charge is -2.29. The van der Waals surface area contributed by atoms with E-state index in [2.05, 4.69) is 10.2 Å². The summed E-state index contributed by atoms with van der Waals surface area (Å²) >= 11 is 0. The second-order valence-electron chi connectivity index (χ2n) is 6.60. The summed E-state index contributed by atoms with van der Waals surface area (Å²) in [5.74, 6) is -2.43. The normalized spacial score (nSPS) is 18.9. The zero-order chi connectivity index (χ0) is 20.4. The van der Waals surface area contributed by atoms with Gasteiger partial charge in [-0.25, -0.2) is 14.1 Å². The molecule has 0 atom stereocenters. The maximum absolute atomic E-state index is 14.1. The molecule has 0 unspecified atom stereocenters. The Hall–Kier alpha value is -3.52. The molecule has 2 aromatic carbocycles. The third kappa shape index (κ3) is 3.74. The molecule has 2 aromatic rings. The van der Waals surface area contributed by atoms with Crippen LogP contribution in [0.4, 0.5) is 20.6 Å². The molecular weight excluding hydrogens is 377 g/mol. The van der Waals surface area contributed by atoms with Gasteiger partial charge in [-0.3, -0.25) is 14.9 Å². The molecule has 2 aliphatic rings. The lowest BCUT2D eigenvalue weighted by molar-refractivity contribution is -0.122. The number of barbiturate groups is 1. The third-order valence-corrected chi connectivity index (χ3v) is 4.78. The van der Waals surface area contributed by atoms with Crippen molar-refractivity contribution < 1.29 is 23.5 Å². The highest BCUT2D eigenvalue weighted by molar-refractivity contribution is 6.39. The molecule has 1 N–H and O–H groups in total. The van der Waals surface area contributed by atoms with Gasteiger partial charge in [-0.2, -0.15) is 0 Å². The van der Waals surface area contributed by atoms with Crippen molar-refractivity contribution in [1.29, 1.82) is 0 Å². The van der Waals surface area contributed by atoms with Crippen LogP contribution in [0.25, 0.3) is 6.08 Å². The van der Waals surface area contributed by atoms with Crippen LogP contribution in [0.15, 0.2) is 54.1 Å². The molecule has 0 radical (unpaired) electrons. The van der Waals surface area contributed by atoms with Crippen LogP contribution in [0.3, 0.4) is 0 Å². The third-order valence-electron chi connectivity index (χ3n) is 4.78. The predicted molar refractivity (Wildman–Crippen MR) is 105 cm³/mol. The van der Waals surface area contributed by atoms with Crippen LogP contribution in [0.2, 0.25) is 0 Å². The number of hydrogen-bond acceptors (Lipinski definition) is 5. The molecule has 7 nitrogen and oxygen atoms in total. The molecule has 8 heteroatoms. The molecule has 148 valence electrons. The van der Waals surface area contributed by atoms with Gasteiger partial charge in [0, 0.05) is 18.8 Å². The molecule has 4 amide bonds. The van der Waals surface area contributed by atoms with Crippen molar-refractivity contribution in [1.82, 2.24) is 5.32 Å². The van der Waals surface area contributed by atoms with E-state index in [1.165, 1.54) is 24.3 Å². The fourth-order valence-electron chi connectivity index (χ4n) is 3.28. The fourth-order valence-corrected chi connectivity index (χ4v) is 3.28. The smallest absolute Gasteiger partial charge is 0.336 e. The van der Waals surface area contributed by atoms with Gasteiger partial charge >= 0.3 is 6.03 Å². The first-order valence-corrected chi connectivity index (χ1v) is 9.13. The zero-order valence-electron chi connectivity index (χ0n) is 15.4. The second-order valence-corrected chi connectivity index (χ2v) is 6.60. The van der Waals surface area contributed by atoms with E-state index >= 15 is 0 Å². The lowest BCUT2D eigenvalue weighted by Crippen LogP contribution is -2.54. The van der Waals surface area contributed by atoms with E-state index in [9.17, 15) is 18.8 Å². The van der Waals surface area contributed by atoms with E-state index in [1.54, 1.807) is 12.1 Å². The number of imide groups is 2. The number of carbonyl (C=O) groups excluding carboxylic acids is 3. The van der Waals surface area contributed by atoms with Gasteiger partial charge in [0.05, 0.1) is 18.9 Å². The van der Waals surface area contributed by atoms with Crippen LogP contribution in [-0.4, -0.2) is 44.1 Å². The van der Waals surface area contributed by atoms with E-state index in [4.69, 9.17) is 4.74 Å². The standard InChI is InChI=1S/C21H18FN3O4/c22-17-3-1-2-4-18(17)25-20(27)16(19(26)23-21(25)28)13-14-5-7-15(8-6-14)24-9-11-29-12-10-24/h1-8,13H,9-12H2,(H,23,26,28)/b16-13+.